The summed E-state index contributed by atoms with van der Waals surface area (Å²) in [4.78, 5) is 0. The molecule has 0 aromatic carbocycles. The molecule has 102 valence electrons. The Labute approximate surface area is 107 Å². The lowest BCUT2D eigenvalue weighted by Gasteiger charge is -2.14. The van der Waals surface area contributed by atoms with Crippen LogP contribution < -0.4 is 5.32 Å². The Balaban J connectivity index is 1.48. The van der Waals surface area contributed by atoms with E-state index in [2.05, 4.69) is 5.32 Å². The van der Waals surface area contributed by atoms with Crippen LogP contribution in [-0.4, -0.2) is 43.7 Å². The maximum absolute atomic E-state index is 9.70. The van der Waals surface area contributed by atoms with Crippen molar-refractivity contribution in [3.05, 3.63) is 24.2 Å². The van der Waals surface area contributed by atoms with E-state index in [1.165, 1.54) is 0 Å². The molecule has 0 bridgehead atoms. The second-order valence-corrected chi connectivity index (χ2v) is 4.59. The SMILES string of the molecule is OC(CNCc1ccoc1)COCC1CCCO1. The predicted molar refractivity (Wildman–Crippen MR) is 66.2 cm³/mol. The maximum atomic E-state index is 9.70. The summed E-state index contributed by atoms with van der Waals surface area (Å²) in [6.07, 6.45) is 5.23. The average molecular weight is 255 g/mol. The zero-order chi connectivity index (χ0) is 12.6. The maximum Gasteiger partial charge on any atom is 0.0947 e. The van der Waals surface area contributed by atoms with E-state index in [0.29, 0.717) is 26.3 Å². The van der Waals surface area contributed by atoms with Gasteiger partial charge >= 0.3 is 0 Å². The zero-order valence-corrected chi connectivity index (χ0v) is 10.5. The van der Waals surface area contributed by atoms with Crippen LogP contribution in [-0.2, 0) is 16.0 Å². The normalized spacial score (nSPS) is 21.3. The van der Waals surface area contributed by atoms with Crippen molar-refractivity contribution >= 4 is 0 Å². The van der Waals surface area contributed by atoms with Crippen LogP contribution in [0.3, 0.4) is 0 Å². The number of aliphatic hydroxyl groups is 1. The van der Waals surface area contributed by atoms with Crippen LogP contribution in [0.15, 0.2) is 23.0 Å². The van der Waals surface area contributed by atoms with Gasteiger partial charge in [0, 0.05) is 25.3 Å². The van der Waals surface area contributed by atoms with Gasteiger partial charge in [-0.05, 0) is 18.9 Å². The Morgan fingerprint density at radius 2 is 2.50 bits per heavy atom. The molecule has 1 fully saturated rings. The first kappa shape index (κ1) is 13.5. The van der Waals surface area contributed by atoms with E-state index < -0.39 is 6.10 Å². The highest BCUT2D eigenvalue weighted by Gasteiger charge is 2.15. The molecule has 1 aromatic rings. The van der Waals surface area contributed by atoms with E-state index in [1.54, 1.807) is 12.5 Å². The summed E-state index contributed by atoms with van der Waals surface area (Å²) in [5.74, 6) is 0. The zero-order valence-electron chi connectivity index (χ0n) is 10.5. The molecule has 0 spiro atoms. The minimum absolute atomic E-state index is 0.219. The van der Waals surface area contributed by atoms with Crippen LogP contribution in [0.2, 0.25) is 0 Å². The number of hydrogen-bond acceptors (Lipinski definition) is 5. The first-order valence-corrected chi connectivity index (χ1v) is 6.44. The van der Waals surface area contributed by atoms with E-state index >= 15 is 0 Å². The second-order valence-electron chi connectivity index (χ2n) is 4.59. The Morgan fingerprint density at radius 1 is 1.56 bits per heavy atom. The number of aliphatic hydroxyl groups excluding tert-OH is 1. The molecule has 0 saturated carbocycles. The molecular formula is C13H21NO4. The summed E-state index contributed by atoms with van der Waals surface area (Å²) in [5.41, 5.74) is 1.07. The molecule has 0 aliphatic carbocycles. The van der Waals surface area contributed by atoms with Gasteiger partial charge in [-0.1, -0.05) is 0 Å². The third-order valence-corrected chi connectivity index (χ3v) is 2.93. The van der Waals surface area contributed by atoms with Gasteiger partial charge in [-0.3, -0.25) is 0 Å². The van der Waals surface area contributed by atoms with Crippen molar-refractivity contribution in [3.63, 3.8) is 0 Å². The average Bonchev–Trinajstić information content (AvgIpc) is 3.01. The highest BCUT2D eigenvalue weighted by molar-refractivity contribution is 5.04. The van der Waals surface area contributed by atoms with Crippen molar-refractivity contribution in [2.75, 3.05) is 26.4 Å². The Kier molecular flexibility index (Phi) is 5.67. The van der Waals surface area contributed by atoms with Crippen LogP contribution in [0, 0.1) is 0 Å². The van der Waals surface area contributed by atoms with Crippen molar-refractivity contribution < 1.29 is 19.0 Å². The number of nitrogens with one attached hydrogen (secondary N) is 1. The van der Waals surface area contributed by atoms with Gasteiger partial charge in [-0.15, -0.1) is 0 Å². The van der Waals surface area contributed by atoms with Crippen LogP contribution in [0.1, 0.15) is 18.4 Å². The van der Waals surface area contributed by atoms with E-state index in [4.69, 9.17) is 13.9 Å². The summed E-state index contributed by atoms with van der Waals surface area (Å²) in [6.45, 7) is 2.97. The Bertz CT molecular complexity index is 309. The summed E-state index contributed by atoms with van der Waals surface area (Å²) in [7, 11) is 0. The first-order chi connectivity index (χ1) is 8.84. The van der Waals surface area contributed by atoms with Crippen LogP contribution in [0.25, 0.3) is 0 Å². The lowest BCUT2D eigenvalue weighted by atomic mass is 10.2. The molecule has 2 rings (SSSR count). The van der Waals surface area contributed by atoms with Gasteiger partial charge in [0.15, 0.2) is 0 Å². The van der Waals surface area contributed by atoms with E-state index in [1.807, 2.05) is 6.07 Å². The highest BCUT2D eigenvalue weighted by atomic mass is 16.5. The lowest BCUT2D eigenvalue weighted by Crippen LogP contribution is -2.31. The highest BCUT2D eigenvalue weighted by Crippen LogP contribution is 2.11. The second kappa shape index (κ2) is 7.53. The van der Waals surface area contributed by atoms with E-state index in [0.717, 1.165) is 25.0 Å². The van der Waals surface area contributed by atoms with Crippen LogP contribution in [0.4, 0.5) is 0 Å². The molecule has 2 N–H and O–H groups in total. The largest absolute Gasteiger partial charge is 0.472 e. The van der Waals surface area contributed by atoms with Gasteiger partial charge in [-0.2, -0.15) is 0 Å². The molecule has 0 amide bonds. The Morgan fingerprint density at radius 3 is 3.22 bits per heavy atom. The molecule has 2 heterocycles. The van der Waals surface area contributed by atoms with Crippen molar-refractivity contribution in [2.45, 2.75) is 31.6 Å². The van der Waals surface area contributed by atoms with Gasteiger partial charge in [0.1, 0.15) is 0 Å². The van der Waals surface area contributed by atoms with Gasteiger partial charge in [0.05, 0.1) is 37.9 Å². The standard InChI is InChI=1S/C13H21NO4/c15-12(7-14-6-11-3-5-16-8-11)9-17-10-13-2-1-4-18-13/h3,5,8,12-15H,1-2,4,6-7,9-10H2. The molecule has 1 saturated heterocycles. The minimum atomic E-state index is -0.488. The van der Waals surface area contributed by atoms with Crippen molar-refractivity contribution in [1.29, 1.82) is 0 Å². The molecule has 1 aliphatic rings. The quantitative estimate of drug-likeness (QED) is 0.723. The predicted octanol–water partition coefficient (Wildman–Crippen LogP) is 0.926. The third-order valence-electron chi connectivity index (χ3n) is 2.93. The fourth-order valence-electron chi connectivity index (χ4n) is 1.95. The van der Waals surface area contributed by atoms with Crippen LogP contribution in [0.5, 0.6) is 0 Å². The third kappa shape index (κ3) is 4.78. The van der Waals surface area contributed by atoms with Gasteiger partial charge in [0.2, 0.25) is 0 Å². The number of furan rings is 1. The molecule has 2 unspecified atom stereocenters. The molecule has 5 nitrogen and oxygen atoms in total. The monoisotopic (exact) mass is 255 g/mol. The van der Waals surface area contributed by atoms with Gasteiger partial charge < -0.3 is 24.3 Å². The number of ether oxygens (including phenoxy) is 2. The Hall–Kier alpha value is -0.880. The van der Waals surface area contributed by atoms with Crippen LogP contribution >= 0.6 is 0 Å². The summed E-state index contributed by atoms with van der Waals surface area (Å²) >= 11 is 0. The molecule has 1 aromatic heterocycles. The summed E-state index contributed by atoms with van der Waals surface area (Å²) in [6, 6.07) is 1.90. The van der Waals surface area contributed by atoms with E-state index in [-0.39, 0.29) is 6.10 Å². The topological polar surface area (TPSA) is 63.9 Å². The summed E-state index contributed by atoms with van der Waals surface area (Å²) in [5, 5.41) is 12.8. The summed E-state index contributed by atoms with van der Waals surface area (Å²) < 4.78 is 15.8. The molecule has 0 radical (unpaired) electrons. The van der Waals surface area contributed by atoms with Crippen molar-refractivity contribution in [2.24, 2.45) is 0 Å². The van der Waals surface area contributed by atoms with E-state index in [9.17, 15) is 5.11 Å². The van der Waals surface area contributed by atoms with Crippen molar-refractivity contribution in [3.8, 4) is 0 Å². The smallest absolute Gasteiger partial charge is 0.0947 e. The fourth-order valence-corrected chi connectivity index (χ4v) is 1.95. The van der Waals surface area contributed by atoms with Gasteiger partial charge in [0.25, 0.3) is 0 Å². The molecule has 2 atom stereocenters. The molecule has 1 aliphatic heterocycles. The number of hydrogen-bond donors (Lipinski definition) is 2. The molecular weight excluding hydrogens is 234 g/mol. The first-order valence-electron chi connectivity index (χ1n) is 6.44. The number of rotatable bonds is 8. The lowest BCUT2D eigenvalue weighted by molar-refractivity contribution is -0.0164. The fraction of sp³-hybridized carbons (Fsp3) is 0.692. The molecule has 5 heteroatoms. The van der Waals surface area contributed by atoms with Crippen molar-refractivity contribution in [1.82, 2.24) is 5.32 Å². The minimum Gasteiger partial charge on any atom is -0.472 e. The van der Waals surface area contributed by atoms with Gasteiger partial charge in [-0.25, -0.2) is 0 Å². The molecule has 18 heavy (non-hydrogen) atoms.